The first kappa shape index (κ1) is 12.4. The van der Waals surface area contributed by atoms with Crippen LogP contribution in [0.25, 0.3) is 0 Å². The molecule has 1 N–H and O–H groups in total. The zero-order chi connectivity index (χ0) is 10.3. The molecule has 1 aliphatic rings. The fourth-order valence-electron chi connectivity index (χ4n) is 1.37. The van der Waals surface area contributed by atoms with Gasteiger partial charge in [0.1, 0.15) is 0 Å². The van der Waals surface area contributed by atoms with Crippen molar-refractivity contribution in [3.63, 3.8) is 0 Å². The lowest BCUT2D eigenvalue weighted by Gasteiger charge is -2.10. The van der Waals surface area contributed by atoms with Crippen LogP contribution < -0.4 is 0 Å². The van der Waals surface area contributed by atoms with E-state index in [1.165, 1.54) is 0 Å². The number of nitrogens with zero attached hydrogens (tertiary/aromatic N) is 2. The Kier molecular flexibility index (Phi) is 6.56. The second-order valence-corrected chi connectivity index (χ2v) is 3.18. The highest BCUT2D eigenvalue weighted by molar-refractivity contribution is 4.90. The molecule has 0 aromatic carbocycles. The van der Waals surface area contributed by atoms with Gasteiger partial charge in [-0.15, -0.1) is 0 Å². The third kappa shape index (κ3) is 4.25. The molecule has 0 aromatic heterocycles. The molecule has 3 heteroatoms. The summed E-state index contributed by atoms with van der Waals surface area (Å²) in [6.45, 7) is 5.83. The molecule has 0 radical (unpaired) electrons. The van der Waals surface area contributed by atoms with Crippen LogP contribution >= 0.6 is 0 Å². The smallest absolute Gasteiger partial charge is 0.0735 e. The molecule has 1 saturated heterocycles. The fraction of sp³-hybridized carbons (Fsp3) is 0.900. The van der Waals surface area contributed by atoms with Gasteiger partial charge < -0.3 is 10.0 Å². The highest BCUT2D eigenvalue weighted by Crippen LogP contribution is 2.15. The van der Waals surface area contributed by atoms with E-state index in [0.29, 0.717) is 0 Å². The summed E-state index contributed by atoms with van der Waals surface area (Å²) in [5, 5.41) is 18.1. The number of likely N-dealkylation sites (tertiary alicyclic amines) is 1. The monoisotopic (exact) mass is 184 g/mol. The molecule has 1 aliphatic heterocycles. The topological polar surface area (TPSA) is 47.3 Å². The van der Waals surface area contributed by atoms with Crippen molar-refractivity contribution >= 4 is 0 Å². The van der Waals surface area contributed by atoms with E-state index in [2.05, 4.69) is 11.0 Å². The van der Waals surface area contributed by atoms with Crippen molar-refractivity contribution in [1.29, 1.82) is 5.26 Å². The number of aliphatic hydroxyl groups excluding tert-OH is 1. The lowest BCUT2D eigenvalue weighted by molar-refractivity contribution is 0.128. The molecule has 1 fully saturated rings. The number of aliphatic hydroxyl groups is 1. The molecule has 2 unspecified atom stereocenters. The van der Waals surface area contributed by atoms with Gasteiger partial charge in [0.15, 0.2) is 0 Å². The summed E-state index contributed by atoms with van der Waals surface area (Å²) in [5.74, 6) is -0.153. The van der Waals surface area contributed by atoms with Crippen molar-refractivity contribution in [1.82, 2.24) is 4.90 Å². The first-order valence-corrected chi connectivity index (χ1v) is 5.00. The molecule has 2 atom stereocenters. The third-order valence-corrected chi connectivity index (χ3v) is 2.26. The van der Waals surface area contributed by atoms with Gasteiger partial charge in [-0.25, -0.2) is 0 Å². The van der Waals surface area contributed by atoms with Crippen LogP contribution in [0.4, 0.5) is 0 Å². The normalized spacial score (nSPS) is 29.5. The number of hydrogen-bond acceptors (Lipinski definition) is 3. The highest BCUT2D eigenvalue weighted by Gasteiger charge is 2.22. The molecular formula is C10H20N2O. The average Bonchev–Trinajstić information content (AvgIpc) is 2.33. The van der Waals surface area contributed by atoms with Gasteiger partial charge in [-0.2, -0.15) is 5.26 Å². The molecule has 0 aromatic rings. The minimum Gasteiger partial charge on any atom is -0.392 e. The maximum absolute atomic E-state index is 9.42. The Bertz CT molecular complexity index is 165. The Morgan fingerprint density at radius 3 is 2.38 bits per heavy atom. The van der Waals surface area contributed by atoms with Crippen molar-refractivity contribution in [2.75, 3.05) is 20.1 Å². The first-order chi connectivity index (χ1) is 6.24. The Morgan fingerprint density at radius 2 is 1.85 bits per heavy atom. The lowest BCUT2D eigenvalue weighted by atomic mass is 10.00. The summed E-state index contributed by atoms with van der Waals surface area (Å²) in [5.41, 5.74) is 0. The molecule has 0 aliphatic carbocycles. The van der Waals surface area contributed by atoms with Gasteiger partial charge in [0.25, 0.3) is 0 Å². The van der Waals surface area contributed by atoms with E-state index in [9.17, 15) is 5.11 Å². The van der Waals surface area contributed by atoms with E-state index in [4.69, 9.17) is 5.26 Å². The maximum atomic E-state index is 9.42. The largest absolute Gasteiger partial charge is 0.392 e. The van der Waals surface area contributed by atoms with Crippen LogP contribution in [-0.4, -0.2) is 36.2 Å². The van der Waals surface area contributed by atoms with Crippen molar-refractivity contribution in [2.45, 2.75) is 32.8 Å². The van der Waals surface area contributed by atoms with Crippen molar-refractivity contribution in [2.24, 2.45) is 5.92 Å². The van der Waals surface area contributed by atoms with Crippen LogP contribution in [0.1, 0.15) is 26.7 Å². The van der Waals surface area contributed by atoms with Crippen molar-refractivity contribution < 1.29 is 5.11 Å². The van der Waals surface area contributed by atoms with Crippen LogP contribution in [0.2, 0.25) is 0 Å². The summed E-state index contributed by atoms with van der Waals surface area (Å²) < 4.78 is 0. The van der Waals surface area contributed by atoms with Gasteiger partial charge in [-0.05, 0) is 26.4 Å². The van der Waals surface area contributed by atoms with E-state index in [1.54, 1.807) is 0 Å². The van der Waals surface area contributed by atoms with E-state index in [1.807, 2.05) is 20.9 Å². The molecule has 0 saturated carbocycles. The van der Waals surface area contributed by atoms with Crippen LogP contribution in [-0.2, 0) is 0 Å². The molecule has 1 heterocycles. The van der Waals surface area contributed by atoms with Gasteiger partial charge in [-0.3, -0.25) is 0 Å². The quantitative estimate of drug-likeness (QED) is 0.616. The Labute approximate surface area is 81.0 Å². The molecular weight excluding hydrogens is 164 g/mol. The molecule has 1 rings (SSSR count). The SMILES string of the molecule is CC.CN1CCC(O)C(C#N)CC1. The predicted molar refractivity (Wildman–Crippen MR) is 53.2 cm³/mol. The van der Waals surface area contributed by atoms with Gasteiger partial charge >= 0.3 is 0 Å². The van der Waals surface area contributed by atoms with Gasteiger partial charge in [0.05, 0.1) is 18.1 Å². The van der Waals surface area contributed by atoms with E-state index < -0.39 is 6.10 Å². The van der Waals surface area contributed by atoms with Crippen LogP contribution in [0.15, 0.2) is 0 Å². The average molecular weight is 184 g/mol. The zero-order valence-corrected chi connectivity index (χ0v) is 8.82. The number of hydrogen-bond donors (Lipinski definition) is 1. The summed E-state index contributed by atoms with van der Waals surface area (Å²) in [6, 6.07) is 2.14. The predicted octanol–water partition coefficient (Wildman–Crippen LogP) is 1.24. The van der Waals surface area contributed by atoms with Crippen LogP contribution in [0.3, 0.4) is 0 Å². The molecule has 3 nitrogen and oxygen atoms in total. The minimum atomic E-state index is -0.412. The Balaban J connectivity index is 0.000000671. The molecule has 0 spiro atoms. The van der Waals surface area contributed by atoms with E-state index in [-0.39, 0.29) is 5.92 Å². The highest BCUT2D eigenvalue weighted by atomic mass is 16.3. The molecule has 13 heavy (non-hydrogen) atoms. The lowest BCUT2D eigenvalue weighted by Crippen LogP contribution is -2.19. The first-order valence-electron chi connectivity index (χ1n) is 5.00. The Hall–Kier alpha value is -0.590. The Morgan fingerprint density at radius 1 is 1.31 bits per heavy atom. The van der Waals surface area contributed by atoms with E-state index in [0.717, 1.165) is 25.9 Å². The second kappa shape index (κ2) is 6.88. The zero-order valence-electron chi connectivity index (χ0n) is 8.82. The number of nitriles is 1. The van der Waals surface area contributed by atoms with Gasteiger partial charge in [-0.1, -0.05) is 13.8 Å². The molecule has 76 valence electrons. The minimum absolute atomic E-state index is 0.153. The van der Waals surface area contributed by atoms with Gasteiger partial charge in [0, 0.05) is 6.54 Å². The summed E-state index contributed by atoms with van der Waals surface area (Å²) >= 11 is 0. The maximum Gasteiger partial charge on any atom is 0.0735 e. The summed E-state index contributed by atoms with van der Waals surface area (Å²) in [7, 11) is 2.02. The third-order valence-electron chi connectivity index (χ3n) is 2.26. The van der Waals surface area contributed by atoms with Crippen molar-refractivity contribution in [3.8, 4) is 6.07 Å². The summed E-state index contributed by atoms with van der Waals surface area (Å²) in [6.07, 6.45) is 1.12. The summed E-state index contributed by atoms with van der Waals surface area (Å²) in [4.78, 5) is 2.15. The van der Waals surface area contributed by atoms with E-state index >= 15 is 0 Å². The van der Waals surface area contributed by atoms with Crippen molar-refractivity contribution in [3.05, 3.63) is 0 Å². The fourth-order valence-corrected chi connectivity index (χ4v) is 1.37. The number of rotatable bonds is 0. The molecule has 0 amide bonds. The van der Waals surface area contributed by atoms with Crippen LogP contribution in [0, 0.1) is 17.2 Å². The molecule has 0 bridgehead atoms. The standard InChI is InChI=1S/C8H14N2O.C2H6/c1-10-4-2-7(6-9)8(11)3-5-10;1-2/h7-8,11H,2-5H2,1H3;1-2H3. The van der Waals surface area contributed by atoms with Crippen LogP contribution in [0.5, 0.6) is 0 Å². The van der Waals surface area contributed by atoms with Gasteiger partial charge in [0.2, 0.25) is 0 Å². The second-order valence-electron chi connectivity index (χ2n) is 3.18.